The van der Waals surface area contributed by atoms with Crippen LogP contribution >= 0.6 is 0 Å². The molecule has 5 heteroatoms. The molecule has 0 spiro atoms. The van der Waals surface area contributed by atoms with Gasteiger partial charge in [-0.15, -0.1) is 0 Å². The number of benzene rings is 1. The normalized spacial score (nSPS) is 18.3. The third-order valence-electron chi connectivity index (χ3n) is 5.03. The van der Waals surface area contributed by atoms with Crippen LogP contribution in [0.5, 0.6) is 0 Å². The van der Waals surface area contributed by atoms with Gasteiger partial charge in [-0.1, -0.05) is 12.1 Å². The van der Waals surface area contributed by atoms with Gasteiger partial charge in [-0.25, -0.2) is 4.98 Å². The number of nitrogens with one attached hydrogen (secondary N) is 2. The van der Waals surface area contributed by atoms with Crippen LogP contribution in [-0.4, -0.2) is 41.5 Å². The highest BCUT2D eigenvalue weighted by Crippen LogP contribution is 2.26. The van der Waals surface area contributed by atoms with Crippen molar-refractivity contribution < 1.29 is 0 Å². The summed E-state index contributed by atoms with van der Waals surface area (Å²) < 4.78 is 0. The number of aromatic amines is 1. The Bertz CT molecular complexity index is 703. The first-order valence-corrected chi connectivity index (χ1v) is 8.56. The van der Waals surface area contributed by atoms with E-state index in [1.54, 1.807) is 0 Å². The molecule has 1 fully saturated rings. The van der Waals surface area contributed by atoms with E-state index in [4.69, 9.17) is 0 Å². The molecule has 2 N–H and O–H groups in total. The number of nitrogens with zero attached hydrogens (tertiary/aromatic N) is 2. The molecule has 1 aliphatic rings. The fraction of sp³-hybridized carbons (Fsp3) is 0.556. The number of hydrogen-bond donors (Lipinski definition) is 2. The summed E-state index contributed by atoms with van der Waals surface area (Å²) in [5.41, 5.74) is 0.739. The molecule has 1 aromatic heterocycles. The lowest BCUT2D eigenvalue weighted by Gasteiger charge is -2.35. The predicted octanol–water partition coefficient (Wildman–Crippen LogP) is 2.31. The van der Waals surface area contributed by atoms with E-state index in [0.717, 1.165) is 36.9 Å². The Morgan fingerprint density at radius 3 is 2.83 bits per heavy atom. The monoisotopic (exact) mass is 314 g/mol. The number of piperidine rings is 1. The molecule has 1 aromatic carbocycles. The summed E-state index contributed by atoms with van der Waals surface area (Å²) in [4.78, 5) is 22.3. The summed E-state index contributed by atoms with van der Waals surface area (Å²) in [6.45, 7) is 5.39. The van der Waals surface area contributed by atoms with E-state index in [1.165, 1.54) is 19.3 Å². The molecule has 0 radical (unpaired) electrons. The Kier molecular flexibility index (Phi) is 5.08. The van der Waals surface area contributed by atoms with Crippen LogP contribution in [0.2, 0.25) is 0 Å². The van der Waals surface area contributed by atoms with Crippen molar-refractivity contribution in [1.29, 1.82) is 0 Å². The summed E-state index contributed by atoms with van der Waals surface area (Å²) in [7, 11) is 2.01. The Labute approximate surface area is 137 Å². The summed E-state index contributed by atoms with van der Waals surface area (Å²) in [6.07, 6.45) is 3.71. The third kappa shape index (κ3) is 3.62. The number of hydrogen-bond acceptors (Lipinski definition) is 4. The molecule has 0 aliphatic carbocycles. The van der Waals surface area contributed by atoms with Gasteiger partial charge in [0.1, 0.15) is 5.82 Å². The average molecular weight is 314 g/mol. The Morgan fingerprint density at radius 1 is 1.35 bits per heavy atom. The number of para-hydroxylation sites is 1. The van der Waals surface area contributed by atoms with Gasteiger partial charge in [0, 0.05) is 0 Å². The van der Waals surface area contributed by atoms with Gasteiger partial charge in [0.15, 0.2) is 0 Å². The molecule has 0 saturated carbocycles. The highest BCUT2D eigenvalue weighted by atomic mass is 16.1. The van der Waals surface area contributed by atoms with E-state index in [2.05, 4.69) is 27.1 Å². The van der Waals surface area contributed by atoms with Crippen LogP contribution in [0.3, 0.4) is 0 Å². The first-order valence-electron chi connectivity index (χ1n) is 8.56. The zero-order valence-electron chi connectivity index (χ0n) is 14.0. The minimum absolute atomic E-state index is 0.0404. The molecular weight excluding hydrogens is 288 g/mol. The van der Waals surface area contributed by atoms with Gasteiger partial charge >= 0.3 is 0 Å². The number of aromatic nitrogens is 2. The molecular formula is C18H26N4O. The van der Waals surface area contributed by atoms with Crippen molar-refractivity contribution in [2.75, 3.05) is 26.7 Å². The van der Waals surface area contributed by atoms with Crippen LogP contribution in [0.25, 0.3) is 10.9 Å². The van der Waals surface area contributed by atoms with E-state index in [9.17, 15) is 4.79 Å². The molecule has 1 unspecified atom stereocenters. The second-order valence-corrected chi connectivity index (χ2v) is 6.52. The van der Waals surface area contributed by atoms with Crippen molar-refractivity contribution in [3.8, 4) is 0 Å². The molecule has 2 aromatic rings. The highest BCUT2D eigenvalue weighted by molar-refractivity contribution is 5.77. The number of fused-ring (bicyclic) bond motifs is 1. The van der Waals surface area contributed by atoms with Gasteiger partial charge in [0.25, 0.3) is 5.56 Å². The summed E-state index contributed by atoms with van der Waals surface area (Å²) in [6, 6.07) is 7.68. The molecule has 0 amide bonds. The summed E-state index contributed by atoms with van der Waals surface area (Å²) in [5, 5.41) is 3.90. The molecule has 23 heavy (non-hydrogen) atoms. The Balaban J connectivity index is 1.71. The van der Waals surface area contributed by atoms with Gasteiger partial charge in [0.2, 0.25) is 0 Å². The second kappa shape index (κ2) is 7.23. The maximum atomic E-state index is 12.2. The number of likely N-dealkylation sites (tertiary alicyclic amines) is 1. The predicted molar refractivity (Wildman–Crippen MR) is 93.6 cm³/mol. The van der Waals surface area contributed by atoms with E-state index in [1.807, 2.05) is 31.3 Å². The molecule has 3 rings (SSSR count). The quantitative estimate of drug-likeness (QED) is 0.889. The number of H-pyrrole nitrogens is 1. The zero-order valence-corrected chi connectivity index (χ0v) is 14.0. The highest BCUT2D eigenvalue weighted by Gasteiger charge is 2.24. The molecule has 0 bridgehead atoms. The standard InChI is InChI=1S/C18H26N4O/c1-13(22-11-8-14(9-12-22)7-10-19-2)17-20-16-6-4-3-5-15(16)18(23)21-17/h3-6,13-14,19H,7-12H2,1-2H3,(H,20,21,23). The van der Waals surface area contributed by atoms with E-state index >= 15 is 0 Å². The van der Waals surface area contributed by atoms with Crippen molar-refractivity contribution in [3.05, 3.63) is 40.4 Å². The van der Waals surface area contributed by atoms with Crippen molar-refractivity contribution >= 4 is 10.9 Å². The second-order valence-electron chi connectivity index (χ2n) is 6.52. The van der Waals surface area contributed by atoms with Crippen LogP contribution in [0, 0.1) is 5.92 Å². The van der Waals surface area contributed by atoms with Crippen LogP contribution in [0.4, 0.5) is 0 Å². The third-order valence-corrected chi connectivity index (χ3v) is 5.03. The Morgan fingerprint density at radius 2 is 2.09 bits per heavy atom. The maximum absolute atomic E-state index is 12.2. The van der Waals surface area contributed by atoms with Crippen molar-refractivity contribution in [3.63, 3.8) is 0 Å². The lowest BCUT2D eigenvalue weighted by molar-refractivity contribution is 0.133. The first kappa shape index (κ1) is 16.1. The minimum atomic E-state index is -0.0404. The molecule has 1 aliphatic heterocycles. The lowest BCUT2D eigenvalue weighted by atomic mass is 9.93. The summed E-state index contributed by atoms with van der Waals surface area (Å²) >= 11 is 0. The fourth-order valence-electron chi connectivity index (χ4n) is 3.45. The van der Waals surface area contributed by atoms with Crippen molar-refractivity contribution in [2.24, 2.45) is 5.92 Å². The van der Waals surface area contributed by atoms with Gasteiger partial charge < -0.3 is 10.3 Å². The summed E-state index contributed by atoms with van der Waals surface area (Å²) in [5.74, 6) is 1.59. The van der Waals surface area contributed by atoms with Crippen LogP contribution < -0.4 is 10.9 Å². The minimum Gasteiger partial charge on any atom is -0.320 e. The topological polar surface area (TPSA) is 61.0 Å². The van der Waals surface area contributed by atoms with Crippen molar-refractivity contribution in [2.45, 2.75) is 32.2 Å². The zero-order chi connectivity index (χ0) is 16.2. The van der Waals surface area contributed by atoms with Crippen LogP contribution in [-0.2, 0) is 0 Å². The van der Waals surface area contributed by atoms with Gasteiger partial charge in [-0.05, 0) is 70.9 Å². The lowest BCUT2D eigenvalue weighted by Crippen LogP contribution is -2.37. The smallest absolute Gasteiger partial charge is 0.258 e. The van der Waals surface area contributed by atoms with E-state index < -0.39 is 0 Å². The van der Waals surface area contributed by atoms with Gasteiger partial charge in [0.05, 0.1) is 16.9 Å². The van der Waals surface area contributed by atoms with E-state index in [0.29, 0.717) is 5.39 Å². The first-order chi connectivity index (χ1) is 11.2. The number of rotatable bonds is 5. The van der Waals surface area contributed by atoms with Gasteiger partial charge in [-0.3, -0.25) is 9.69 Å². The van der Waals surface area contributed by atoms with Gasteiger partial charge in [-0.2, -0.15) is 0 Å². The van der Waals surface area contributed by atoms with E-state index in [-0.39, 0.29) is 11.6 Å². The molecule has 5 nitrogen and oxygen atoms in total. The molecule has 1 atom stereocenters. The van der Waals surface area contributed by atoms with Crippen molar-refractivity contribution in [1.82, 2.24) is 20.2 Å². The largest absolute Gasteiger partial charge is 0.320 e. The SMILES string of the molecule is CNCCC1CCN(C(C)c2nc3ccccc3c(=O)[nH]2)CC1. The molecule has 2 heterocycles. The Hall–Kier alpha value is -1.72. The molecule has 1 saturated heterocycles. The average Bonchev–Trinajstić information content (AvgIpc) is 2.60. The maximum Gasteiger partial charge on any atom is 0.258 e. The molecule has 124 valence electrons. The fourth-order valence-corrected chi connectivity index (χ4v) is 3.45. The van der Waals surface area contributed by atoms with Crippen LogP contribution in [0.1, 0.15) is 38.1 Å². The van der Waals surface area contributed by atoms with Crippen LogP contribution in [0.15, 0.2) is 29.1 Å².